The Labute approximate surface area is 175 Å². The molecule has 3 aromatic heterocycles. The topological polar surface area (TPSA) is 80.1 Å². The van der Waals surface area contributed by atoms with Gasteiger partial charge in [0.25, 0.3) is 10.0 Å². The van der Waals surface area contributed by atoms with Crippen LogP contribution in [0.4, 0.5) is 11.6 Å². The molecule has 1 saturated heterocycles. The number of piperidine rings is 1. The van der Waals surface area contributed by atoms with Gasteiger partial charge in [-0.1, -0.05) is 6.42 Å². The Kier molecular flexibility index (Phi) is 5.46. The predicted molar refractivity (Wildman–Crippen MR) is 116 cm³/mol. The van der Waals surface area contributed by atoms with Crippen molar-refractivity contribution in [2.75, 3.05) is 18.4 Å². The van der Waals surface area contributed by atoms with E-state index in [1.54, 1.807) is 22.6 Å². The largest absolute Gasteiger partial charge is 0.353 e. The number of hydrogen-bond acceptors (Lipinski definition) is 6. The molecule has 29 heavy (non-hydrogen) atoms. The van der Waals surface area contributed by atoms with E-state index in [-0.39, 0.29) is 0 Å². The van der Waals surface area contributed by atoms with Crippen LogP contribution in [0, 0.1) is 13.8 Å². The number of thiophene rings is 1. The highest BCUT2D eigenvalue weighted by Gasteiger charge is 2.27. The van der Waals surface area contributed by atoms with Crippen LogP contribution >= 0.6 is 11.3 Å². The van der Waals surface area contributed by atoms with Crippen LogP contribution in [0.1, 0.15) is 30.5 Å². The van der Waals surface area contributed by atoms with Crippen molar-refractivity contribution in [1.29, 1.82) is 0 Å². The van der Waals surface area contributed by atoms with E-state index in [4.69, 9.17) is 0 Å². The molecule has 0 unspecified atom stereocenters. The Morgan fingerprint density at radius 3 is 2.55 bits per heavy atom. The van der Waals surface area contributed by atoms with Gasteiger partial charge in [0.05, 0.1) is 16.3 Å². The Hall–Kier alpha value is -2.23. The molecule has 0 bridgehead atoms. The molecule has 0 atom stereocenters. The minimum Gasteiger partial charge on any atom is -0.353 e. The van der Waals surface area contributed by atoms with Gasteiger partial charge in [-0.25, -0.2) is 18.4 Å². The van der Waals surface area contributed by atoms with Crippen molar-refractivity contribution in [2.24, 2.45) is 7.05 Å². The summed E-state index contributed by atoms with van der Waals surface area (Å²) in [5.74, 6) is 0.494. The molecule has 1 N–H and O–H groups in total. The molecule has 0 spiro atoms. The maximum atomic E-state index is 12.9. The van der Waals surface area contributed by atoms with Gasteiger partial charge >= 0.3 is 0 Å². The minimum absolute atomic E-state index is 0.372. The van der Waals surface area contributed by atoms with Gasteiger partial charge in [-0.05, 0) is 50.5 Å². The second kappa shape index (κ2) is 7.89. The van der Waals surface area contributed by atoms with Gasteiger partial charge in [0.1, 0.15) is 4.21 Å². The SMILES string of the molecule is Cc1cn(C)c(C)c1Nc1nccc(-c2ccc(S(=O)(=O)N3CCCCC3)s2)n1. The predicted octanol–water partition coefficient (Wildman–Crippen LogP) is 4.08. The third kappa shape index (κ3) is 3.94. The Bertz CT molecular complexity index is 1130. The van der Waals surface area contributed by atoms with Gasteiger partial charge in [-0.2, -0.15) is 4.31 Å². The van der Waals surface area contributed by atoms with E-state index in [1.807, 2.05) is 27.0 Å². The van der Waals surface area contributed by atoms with Crippen molar-refractivity contribution in [3.63, 3.8) is 0 Å². The first kappa shape index (κ1) is 20.1. The third-order valence-electron chi connectivity index (χ3n) is 5.31. The summed E-state index contributed by atoms with van der Waals surface area (Å²) >= 11 is 1.26. The molecule has 4 rings (SSSR count). The van der Waals surface area contributed by atoms with Gasteiger partial charge in [0, 0.05) is 38.2 Å². The summed E-state index contributed by atoms with van der Waals surface area (Å²) in [7, 11) is -1.43. The van der Waals surface area contributed by atoms with Gasteiger partial charge in [0.15, 0.2) is 0 Å². The summed E-state index contributed by atoms with van der Waals surface area (Å²) < 4.78 is 29.8. The maximum Gasteiger partial charge on any atom is 0.252 e. The van der Waals surface area contributed by atoms with Crippen LogP contribution in [0.2, 0.25) is 0 Å². The highest BCUT2D eigenvalue weighted by molar-refractivity contribution is 7.91. The fraction of sp³-hybridized carbons (Fsp3) is 0.400. The van der Waals surface area contributed by atoms with Crippen LogP contribution in [0.25, 0.3) is 10.6 Å². The number of hydrogen-bond donors (Lipinski definition) is 1. The average molecular weight is 432 g/mol. The minimum atomic E-state index is -3.43. The lowest BCUT2D eigenvalue weighted by Crippen LogP contribution is -2.35. The van der Waals surface area contributed by atoms with E-state index in [0.717, 1.165) is 41.1 Å². The molecule has 1 aliphatic heterocycles. The number of aryl methyl sites for hydroxylation is 2. The first-order valence-corrected chi connectivity index (χ1v) is 11.9. The molecule has 0 saturated carbocycles. The molecule has 154 valence electrons. The highest BCUT2D eigenvalue weighted by Crippen LogP contribution is 2.33. The number of anilines is 2. The van der Waals surface area contributed by atoms with Crippen molar-refractivity contribution in [1.82, 2.24) is 18.8 Å². The fourth-order valence-electron chi connectivity index (χ4n) is 3.60. The van der Waals surface area contributed by atoms with Crippen LogP contribution in [0.5, 0.6) is 0 Å². The van der Waals surface area contributed by atoms with E-state index in [0.29, 0.717) is 28.9 Å². The second-order valence-electron chi connectivity index (χ2n) is 7.36. The smallest absolute Gasteiger partial charge is 0.252 e. The monoisotopic (exact) mass is 431 g/mol. The zero-order chi connectivity index (χ0) is 20.6. The Morgan fingerprint density at radius 2 is 1.86 bits per heavy atom. The van der Waals surface area contributed by atoms with Crippen LogP contribution in [-0.4, -0.2) is 40.3 Å². The summed E-state index contributed by atoms with van der Waals surface area (Å²) in [6, 6.07) is 5.32. The lowest BCUT2D eigenvalue weighted by molar-refractivity contribution is 0.347. The van der Waals surface area contributed by atoms with Crippen molar-refractivity contribution in [2.45, 2.75) is 37.3 Å². The zero-order valence-corrected chi connectivity index (χ0v) is 18.5. The highest BCUT2D eigenvalue weighted by atomic mass is 32.2. The molecule has 1 aliphatic rings. The molecular formula is C20H25N5O2S2. The molecule has 3 aromatic rings. The molecule has 1 fully saturated rings. The Morgan fingerprint density at radius 1 is 1.10 bits per heavy atom. The molecule has 9 heteroatoms. The van der Waals surface area contributed by atoms with Crippen molar-refractivity contribution < 1.29 is 8.42 Å². The number of aromatic nitrogens is 3. The number of rotatable bonds is 5. The van der Waals surface area contributed by atoms with Crippen LogP contribution < -0.4 is 5.32 Å². The van der Waals surface area contributed by atoms with Crippen LogP contribution in [-0.2, 0) is 17.1 Å². The van der Waals surface area contributed by atoms with E-state index in [1.165, 1.54) is 11.3 Å². The van der Waals surface area contributed by atoms with E-state index >= 15 is 0 Å². The standard InChI is InChI=1S/C20H25N5O2S2/c1-14-13-24(3)15(2)19(14)23-20-21-10-9-16(22-20)17-7-8-18(28-17)29(26,27)25-11-5-4-6-12-25/h7-10,13H,4-6,11-12H2,1-3H3,(H,21,22,23). The normalized spacial score (nSPS) is 15.6. The number of nitrogens with zero attached hydrogens (tertiary/aromatic N) is 4. The first-order valence-electron chi connectivity index (χ1n) is 9.69. The molecule has 0 radical (unpaired) electrons. The quantitative estimate of drug-likeness (QED) is 0.658. The van der Waals surface area contributed by atoms with Crippen molar-refractivity contribution in [3.8, 4) is 10.6 Å². The lowest BCUT2D eigenvalue weighted by atomic mass is 10.2. The third-order valence-corrected chi connectivity index (χ3v) is 8.78. The van der Waals surface area contributed by atoms with Gasteiger partial charge in [-0.3, -0.25) is 0 Å². The zero-order valence-electron chi connectivity index (χ0n) is 16.8. The first-order chi connectivity index (χ1) is 13.9. The summed E-state index contributed by atoms with van der Waals surface area (Å²) in [6.45, 7) is 5.28. The maximum absolute atomic E-state index is 12.9. The Balaban J connectivity index is 1.59. The fourth-order valence-corrected chi connectivity index (χ4v) is 6.55. The second-order valence-corrected chi connectivity index (χ2v) is 10.6. The van der Waals surface area contributed by atoms with Crippen molar-refractivity contribution >= 4 is 33.0 Å². The molecule has 0 aliphatic carbocycles. The van der Waals surface area contributed by atoms with Gasteiger partial charge in [-0.15, -0.1) is 11.3 Å². The summed E-state index contributed by atoms with van der Waals surface area (Å²) in [5, 5.41) is 3.30. The van der Waals surface area contributed by atoms with Crippen LogP contribution in [0.3, 0.4) is 0 Å². The van der Waals surface area contributed by atoms with Crippen LogP contribution in [0.15, 0.2) is 34.8 Å². The van der Waals surface area contributed by atoms with E-state index < -0.39 is 10.0 Å². The molecule has 7 nitrogen and oxygen atoms in total. The van der Waals surface area contributed by atoms with Gasteiger partial charge in [0.2, 0.25) is 5.95 Å². The van der Waals surface area contributed by atoms with Gasteiger partial charge < -0.3 is 9.88 Å². The number of sulfonamides is 1. The lowest BCUT2D eigenvalue weighted by Gasteiger charge is -2.25. The summed E-state index contributed by atoms with van der Waals surface area (Å²) in [6.07, 6.45) is 6.70. The van der Waals surface area contributed by atoms with Crippen molar-refractivity contribution in [3.05, 3.63) is 41.9 Å². The number of nitrogens with one attached hydrogen (secondary N) is 1. The average Bonchev–Trinajstić information content (AvgIpc) is 3.31. The molecular weight excluding hydrogens is 406 g/mol. The van der Waals surface area contributed by atoms with E-state index in [2.05, 4.69) is 26.0 Å². The molecule has 4 heterocycles. The molecule has 0 amide bonds. The molecule has 0 aromatic carbocycles. The van der Waals surface area contributed by atoms with E-state index in [9.17, 15) is 8.42 Å². The summed E-state index contributed by atoms with van der Waals surface area (Å²) in [5.41, 5.74) is 3.91. The summed E-state index contributed by atoms with van der Waals surface area (Å²) in [4.78, 5) is 9.75.